The molecule has 1 aromatic rings. The molecular weight excluding hydrogens is 308 g/mol. The number of halogens is 2. The summed E-state index contributed by atoms with van der Waals surface area (Å²) in [6.45, 7) is 1.06. The number of aliphatic carboxylic acids is 1. The summed E-state index contributed by atoms with van der Waals surface area (Å²) in [5.41, 5.74) is 1.33. The van der Waals surface area contributed by atoms with Crippen molar-refractivity contribution in [1.82, 2.24) is 4.90 Å². The van der Waals surface area contributed by atoms with Crippen LogP contribution in [0.4, 0.5) is 8.78 Å². The van der Waals surface area contributed by atoms with Gasteiger partial charge < -0.3 is 14.7 Å². The topological polar surface area (TPSA) is 66.8 Å². The van der Waals surface area contributed by atoms with Crippen molar-refractivity contribution < 1.29 is 28.2 Å². The van der Waals surface area contributed by atoms with Crippen molar-refractivity contribution in [3.8, 4) is 5.75 Å². The third kappa shape index (κ3) is 3.97. The highest BCUT2D eigenvalue weighted by molar-refractivity contribution is 5.95. The number of piperidine rings is 1. The van der Waals surface area contributed by atoms with E-state index >= 15 is 0 Å². The molecule has 23 heavy (non-hydrogen) atoms. The molecule has 2 rings (SSSR count). The molecule has 7 heteroatoms. The lowest BCUT2D eigenvalue weighted by Crippen LogP contribution is -2.40. The minimum atomic E-state index is -2.91. The van der Waals surface area contributed by atoms with Crippen molar-refractivity contribution in [1.29, 1.82) is 0 Å². The molecule has 0 unspecified atom stereocenters. The maximum absolute atomic E-state index is 12.5. The summed E-state index contributed by atoms with van der Waals surface area (Å²) in [5.74, 6) is -1.38. The standard InChI is InChI=1S/C16H19F2NO4/c1-9-7-12(8-10(2)13(9)23-16(17)18)14(20)19-5-3-11(4-6-19)15(21)22/h7-8,11,16H,3-6H2,1-2H3,(H,21,22). The van der Waals surface area contributed by atoms with E-state index < -0.39 is 18.5 Å². The summed E-state index contributed by atoms with van der Waals surface area (Å²) in [5, 5.41) is 8.98. The second-order valence-corrected chi connectivity index (χ2v) is 5.72. The maximum Gasteiger partial charge on any atom is 0.387 e. The second kappa shape index (κ2) is 6.93. The number of nitrogens with zero attached hydrogens (tertiary/aromatic N) is 1. The molecule has 1 N–H and O–H groups in total. The average Bonchev–Trinajstić information content (AvgIpc) is 2.49. The molecule has 1 saturated heterocycles. The molecule has 1 amide bonds. The van der Waals surface area contributed by atoms with Crippen LogP contribution in [0.2, 0.25) is 0 Å². The van der Waals surface area contributed by atoms with E-state index in [2.05, 4.69) is 4.74 Å². The average molecular weight is 327 g/mol. The van der Waals surface area contributed by atoms with E-state index in [4.69, 9.17) is 5.11 Å². The number of likely N-dealkylation sites (tertiary alicyclic amines) is 1. The van der Waals surface area contributed by atoms with Crippen LogP contribution in [-0.4, -0.2) is 41.6 Å². The maximum atomic E-state index is 12.5. The molecule has 0 atom stereocenters. The highest BCUT2D eigenvalue weighted by Gasteiger charge is 2.28. The Morgan fingerprint density at radius 3 is 2.17 bits per heavy atom. The van der Waals surface area contributed by atoms with Gasteiger partial charge in [0.25, 0.3) is 5.91 Å². The zero-order valence-electron chi connectivity index (χ0n) is 13.0. The number of alkyl halides is 2. The first-order valence-corrected chi connectivity index (χ1v) is 7.37. The Hall–Kier alpha value is -2.18. The summed E-state index contributed by atoms with van der Waals surface area (Å²) in [7, 11) is 0. The van der Waals surface area contributed by atoms with Crippen LogP contribution < -0.4 is 4.74 Å². The van der Waals surface area contributed by atoms with Gasteiger partial charge in [-0.05, 0) is 49.9 Å². The van der Waals surface area contributed by atoms with E-state index in [1.165, 1.54) is 12.1 Å². The van der Waals surface area contributed by atoms with Crippen molar-refractivity contribution in [2.75, 3.05) is 13.1 Å². The number of hydrogen-bond acceptors (Lipinski definition) is 3. The van der Waals surface area contributed by atoms with Crippen molar-refractivity contribution in [3.05, 3.63) is 28.8 Å². The molecule has 126 valence electrons. The number of hydrogen-bond donors (Lipinski definition) is 1. The fourth-order valence-electron chi connectivity index (χ4n) is 2.86. The zero-order chi connectivity index (χ0) is 17.1. The van der Waals surface area contributed by atoms with Crippen molar-refractivity contribution in [2.24, 2.45) is 5.92 Å². The summed E-state index contributed by atoms with van der Waals surface area (Å²) in [6.07, 6.45) is 0.844. The molecule has 0 spiro atoms. The normalized spacial score (nSPS) is 15.8. The molecule has 1 aliphatic rings. The predicted octanol–water partition coefficient (Wildman–Crippen LogP) is 2.84. The minimum Gasteiger partial charge on any atom is -0.481 e. The fraction of sp³-hybridized carbons (Fsp3) is 0.500. The van der Waals surface area contributed by atoms with Gasteiger partial charge in [0.2, 0.25) is 0 Å². The quantitative estimate of drug-likeness (QED) is 0.923. The SMILES string of the molecule is Cc1cc(C(=O)N2CCC(C(=O)O)CC2)cc(C)c1OC(F)F. The lowest BCUT2D eigenvalue weighted by atomic mass is 9.96. The number of carboxylic acid groups (broad SMARTS) is 1. The van der Waals surface area contributed by atoms with E-state index in [0.29, 0.717) is 42.6 Å². The summed E-state index contributed by atoms with van der Waals surface area (Å²) >= 11 is 0. The first-order valence-electron chi connectivity index (χ1n) is 7.37. The minimum absolute atomic E-state index is 0.0844. The Morgan fingerprint density at radius 2 is 1.74 bits per heavy atom. The van der Waals surface area contributed by atoms with Crippen LogP contribution in [0.15, 0.2) is 12.1 Å². The van der Waals surface area contributed by atoms with E-state index in [1.807, 2.05) is 0 Å². The highest BCUT2D eigenvalue weighted by atomic mass is 19.3. The number of carboxylic acids is 1. The summed E-state index contributed by atoms with van der Waals surface area (Å²) < 4.78 is 29.2. The smallest absolute Gasteiger partial charge is 0.387 e. The largest absolute Gasteiger partial charge is 0.481 e. The van der Waals surface area contributed by atoms with Gasteiger partial charge in [0.1, 0.15) is 5.75 Å². The molecule has 0 bridgehead atoms. The molecule has 5 nitrogen and oxygen atoms in total. The first-order chi connectivity index (χ1) is 10.8. The third-order valence-corrected chi connectivity index (χ3v) is 4.05. The Labute approximate surface area is 132 Å². The predicted molar refractivity (Wildman–Crippen MR) is 78.8 cm³/mol. The molecule has 0 aliphatic carbocycles. The van der Waals surface area contributed by atoms with Crippen LogP contribution in [0.1, 0.15) is 34.3 Å². The summed E-state index contributed by atoms with van der Waals surface area (Å²) in [4.78, 5) is 25.0. The molecule has 0 saturated carbocycles. The van der Waals surface area contributed by atoms with Crippen LogP contribution in [0.25, 0.3) is 0 Å². The molecule has 1 heterocycles. The van der Waals surface area contributed by atoms with E-state index in [9.17, 15) is 18.4 Å². The second-order valence-electron chi connectivity index (χ2n) is 5.72. The van der Waals surface area contributed by atoms with Crippen molar-refractivity contribution in [3.63, 3.8) is 0 Å². The van der Waals surface area contributed by atoms with Gasteiger partial charge in [-0.3, -0.25) is 9.59 Å². The Balaban J connectivity index is 2.13. The van der Waals surface area contributed by atoms with Crippen molar-refractivity contribution in [2.45, 2.75) is 33.3 Å². The zero-order valence-corrected chi connectivity index (χ0v) is 13.0. The van der Waals surface area contributed by atoms with Crippen LogP contribution in [0.5, 0.6) is 5.75 Å². The highest BCUT2D eigenvalue weighted by Crippen LogP contribution is 2.28. The number of carbonyl (C=O) groups is 2. The van der Waals surface area contributed by atoms with Gasteiger partial charge in [-0.2, -0.15) is 8.78 Å². The van der Waals surface area contributed by atoms with Gasteiger partial charge in [0.05, 0.1) is 5.92 Å². The Morgan fingerprint density at radius 1 is 1.22 bits per heavy atom. The Bertz CT molecular complexity index is 587. The number of aryl methyl sites for hydroxylation is 2. The van der Waals surface area contributed by atoms with Crippen LogP contribution in [0.3, 0.4) is 0 Å². The van der Waals surface area contributed by atoms with Crippen LogP contribution in [-0.2, 0) is 4.79 Å². The van der Waals surface area contributed by atoms with Crippen LogP contribution >= 0.6 is 0 Å². The first kappa shape index (κ1) is 17.2. The van der Waals surface area contributed by atoms with Crippen LogP contribution in [0, 0.1) is 19.8 Å². The van der Waals surface area contributed by atoms with Crippen molar-refractivity contribution >= 4 is 11.9 Å². The van der Waals surface area contributed by atoms with Gasteiger partial charge >= 0.3 is 12.6 Å². The number of ether oxygens (including phenoxy) is 1. The molecule has 1 aromatic carbocycles. The molecule has 0 aromatic heterocycles. The number of carbonyl (C=O) groups excluding carboxylic acids is 1. The van der Waals surface area contributed by atoms with E-state index in [0.717, 1.165) is 0 Å². The molecule has 0 radical (unpaired) electrons. The number of amides is 1. The van der Waals surface area contributed by atoms with Gasteiger partial charge in [0.15, 0.2) is 0 Å². The number of rotatable bonds is 4. The lowest BCUT2D eigenvalue weighted by Gasteiger charge is -2.30. The molecule has 1 aliphatic heterocycles. The van der Waals surface area contributed by atoms with Gasteiger partial charge in [-0.15, -0.1) is 0 Å². The lowest BCUT2D eigenvalue weighted by molar-refractivity contribution is -0.143. The van der Waals surface area contributed by atoms with Gasteiger partial charge in [0, 0.05) is 18.7 Å². The fourth-order valence-corrected chi connectivity index (χ4v) is 2.86. The monoisotopic (exact) mass is 327 g/mol. The summed E-state index contributed by atoms with van der Waals surface area (Å²) in [6, 6.07) is 3.05. The van der Waals surface area contributed by atoms with Gasteiger partial charge in [-0.1, -0.05) is 0 Å². The Kier molecular flexibility index (Phi) is 5.18. The molecule has 1 fully saturated rings. The number of benzene rings is 1. The third-order valence-electron chi connectivity index (χ3n) is 4.05. The van der Waals surface area contributed by atoms with E-state index in [1.54, 1.807) is 18.7 Å². The van der Waals surface area contributed by atoms with Gasteiger partial charge in [-0.25, -0.2) is 0 Å². The molecular formula is C16H19F2NO4. The van der Waals surface area contributed by atoms with E-state index in [-0.39, 0.29) is 11.7 Å².